The van der Waals surface area contributed by atoms with Crippen LogP contribution < -0.4 is 0 Å². The molecule has 2 heteroatoms. The van der Waals surface area contributed by atoms with Crippen LogP contribution >= 0.6 is 0 Å². The van der Waals surface area contributed by atoms with Gasteiger partial charge in [-0.2, -0.15) is 0 Å². The van der Waals surface area contributed by atoms with E-state index >= 15 is 0 Å². The van der Waals surface area contributed by atoms with Crippen LogP contribution in [0.2, 0.25) is 0 Å². The van der Waals surface area contributed by atoms with Gasteiger partial charge in [-0.25, -0.2) is 0 Å². The van der Waals surface area contributed by atoms with Crippen molar-refractivity contribution in [3.8, 4) is 0 Å². The SMILES string of the molecule is CC.CC12CC[C@H](O)CC1=CCC1C2CCC2(C)C(CCC[C@@H](O)C(C)(C)C)CCC12. The van der Waals surface area contributed by atoms with Crippen molar-refractivity contribution in [2.75, 3.05) is 0 Å². The van der Waals surface area contributed by atoms with E-state index in [0.717, 1.165) is 42.9 Å². The summed E-state index contributed by atoms with van der Waals surface area (Å²) in [5, 5.41) is 20.6. The first-order valence-electron chi connectivity index (χ1n) is 13.6. The summed E-state index contributed by atoms with van der Waals surface area (Å²) in [7, 11) is 0. The summed E-state index contributed by atoms with van der Waals surface area (Å²) in [4.78, 5) is 0. The van der Waals surface area contributed by atoms with Crippen LogP contribution in [-0.2, 0) is 0 Å². The fourth-order valence-electron chi connectivity index (χ4n) is 8.22. The van der Waals surface area contributed by atoms with Crippen molar-refractivity contribution in [3.63, 3.8) is 0 Å². The van der Waals surface area contributed by atoms with E-state index in [1.807, 2.05) is 13.8 Å². The minimum atomic E-state index is -0.174. The van der Waals surface area contributed by atoms with Crippen molar-refractivity contribution in [2.24, 2.45) is 39.9 Å². The Labute approximate surface area is 193 Å². The maximum atomic E-state index is 10.4. The van der Waals surface area contributed by atoms with Gasteiger partial charge in [0.25, 0.3) is 0 Å². The molecule has 8 atom stereocenters. The summed E-state index contributed by atoms with van der Waals surface area (Å²) < 4.78 is 0. The molecule has 3 fully saturated rings. The van der Waals surface area contributed by atoms with Gasteiger partial charge in [0.2, 0.25) is 0 Å². The Balaban J connectivity index is 0.00000132. The highest BCUT2D eigenvalue weighted by Gasteiger charge is 2.58. The summed E-state index contributed by atoms with van der Waals surface area (Å²) >= 11 is 0. The van der Waals surface area contributed by atoms with Crippen LogP contribution in [0.3, 0.4) is 0 Å². The van der Waals surface area contributed by atoms with E-state index in [0.29, 0.717) is 10.8 Å². The van der Waals surface area contributed by atoms with Gasteiger partial charge >= 0.3 is 0 Å². The van der Waals surface area contributed by atoms with E-state index < -0.39 is 0 Å². The fraction of sp³-hybridized carbons (Fsp3) is 0.931. The molecule has 2 nitrogen and oxygen atoms in total. The third kappa shape index (κ3) is 4.68. The molecule has 0 aromatic carbocycles. The van der Waals surface area contributed by atoms with E-state index in [-0.39, 0.29) is 17.6 Å². The highest BCUT2D eigenvalue weighted by Crippen LogP contribution is 2.66. The number of hydrogen-bond acceptors (Lipinski definition) is 2. The topological polar surface area (TPSA) is 40.5 Å². The molecule has 3 saturated carbocycles. The van der Waals surface area contributed by atoms with Gasteiger partial charge in [-0.3, -0.25) is 0 Å². The number of aliphatic hydroxyl groups is 2. The maximum Gasteiger partial charge on any atom is 0.0588 e. The Bertz CT molecular complexity index is 631. The molecule has 0 amide bonds. The first-order valence-corrected chi connectivity index (χ1v) is 13.6. The predicted octanol–water partition coefficient (Wildman–Crippen LogP) is 7.53. The van der Waals surface area contributed by atoms with E-state index in [4.69, 9.17) is 0 Å². The third-order valence-electron chi connectivity index (χ3n) is 10.3. The van der Waals surface area contributed by atoms with Crippen LogP contribution in [0.25, 0.3) is 0 Å². The van der Waals surface area contributed by atoms with Gasteiger partial charge in [0.05, 0.1) is 12.2 Å². The van der Waals surface area contributed by atoms with Crippen LogP contribution in [-0.4, -0.2) is 22.4 Å². The van der Waals surface area contributed by atoms with E-state index in [1.54, 1.807) is 5.57 Å². The second kappa shape index (κ2) is 9.49. The van der Waals surface area contributed by atoms with Crippen molar-refractivity contribution in [1.82, 2.24) is 0 Å². The highest BCUT2D eigenvalue weighted by atomic mass is 16.3. The predicted molar refractivity (Wildman–Crippen MR) is 132 cm³/mol. The first-order chi connectivity index (χ1) is 14.6. The van der Waals surface area contributed by atoms with Crippen molar-refractivity contribution in [2.45, 2.75) is 131 Å². The fourth-order valence-corrected chi connectivity index (χ4v) is 8.22. The molecular weight excluding hydrogens is 380 g/mol. The number of allylic oxidation sites excluding steroid dienone is 1. The van der Waals surface area contributed by atoms with E-state index in [1.165, 1.54) is 51.4 Å². The van der Waals surface area contributed by atoms with Crippen molar-refractivity contribution in [1.29, 1.82) is 0 Å². The van der Waals surface area contributed by atoms with Crippen LogP contribution in [0, 0.1) is 39.9 Å². The Kier molecular flexibility index (Phi) is 7.74. The number of hydrogen-bond donors (Lipinski definition) is 2. The normalized spacial score (nSPS) is 43.0. The van der Waals surface area contributed by atoms with E-state index in [2.05, 4.69) is 40.7 Å². The van der Waals surface area contributed by atoms with Crippen molar-refractivity contribution in [3.05, 3.63) is 11.6 Å². The minimum absolute atomic E-state index is 0.00926. The Morgan fingerprint density at radius 2 is 1.74 bits per heavy atom. The van der Waals surface area contributed by atoms with Gasteiger partial charge in [-0.15, -0.1) is 0 Å². The van der Waals surface area contributed by atoms with Crippen LogP contribution in [0.1, 0.15) is 119 Å². The van der Waals surface area contributed by atoms with Crippen LogP contribution in [0.4, 0.5) is 0 Å². The quantitative estimate of drug-likeness (QED) is 0.451. The zero-order chi connectivity index (χ0) is 23.0. The Hall–Kier alpha value is -0.340. The second-order valence-electron chi connectivity index (χ2n) is 12.8. The lowest BCUT2D eigenvalue weighted by atomic mass is 9.47. The first kappa shape index (κ1) is 25.3. The average Bonchev–Trinajstić information content (AvgIpc) is 3.06. The van der Waals surface area contributed by atoms with Gasteiger partial charge in [0.15, 0.2) is 0 Å². The summed E-state index contributed by atoms with van der Waals surface area (Å²) in [5.74, 6) is 3.45. The maximum absolute atomic E-state index is 10.4. The molecule has 4 aliphatic carbocycles. The zero-order valence-electron chi connectivity index (χ0n) is 21.7. The van der Waals surface area contributed by atoms with Gasteiger partial charge in [-0.05, 0) is 104 Å². The minimum Gasteiger partial charge on any atom is -0.393 e. The largest absolute Gasteiger partial charge is 0.393 e. The molecule has 6 unspecified atom stereocenters. The highest BCUT2D eigenvalue weighted by molar-refractivity contribution is 5.25. The molecule has 0 aromatic heterocycles. The van der Waals surface area contributed by atoms with Gasteiger partial charge in [0, 0.05) is 0 Å². The van der Waals surface area contributed by atoms with Crippen molar-refractivity contribution >= 4 is 0 Å². The number of fused-ring (bicyclic) bond motifs is 5. The summed E-state index contributed by atoms with van der Waals surface area (Å²) in [5.41, 5.74) is 2.48. The Morgan fingerprint density at radius 1 is 1.03 bits per heavy atom. The number of rotatable bonds is 4. The van der Waals surface area contributed by atoms with E-state index in [9.17, 15) is 10.2 Å². The lowest BCUT2D eigenvalue weighted by Gasteiger charge is -2.58. The second-order valence-corrected chi connectivity index (χ2v) is 12.8. The number of aliphatic hydroxyl groups excluding tert-OH is 2. The molecule has 0 heterocycles. The standard InChI is InChI=1S/C27H46O2.C2H6/c1-25(2,3)24(29)8-6-7-18-10-12-22-21-11-9-19-17-20(28)13-15-27(19,5)23(21)14-16-26(18,22)4;1-2/h9,18,20-24,28-29H,6-8,10-17H2,1-5H3;1-2H3/t18?,20-,21?,22?,23?,24+,26?,27?;/m0./s1. The van der Waals surface area contributed by atoms with Gasteiger partial charge in [0.1, 0.15) is 0 Å². The summed E-state index contributed by atoms with van der Waals surface area (Å²) in [6.45, 7) is 15.6. The Morgan fingerprint density at radius 3 is 2.42 bits per heavy atom. The summed E-state index contributed by atoms with van der Waals surface area (Å²) in [6, 6.07) is 0. The molecule has 0 saturated heterocycles. The monoisotopic (exact) mass is 432 g/mol. The molecule has 0 radical (unpaired) electrons. The summed E-state index contributed by atoms with van der Waals surface area (Å²) in [6.07, 6.45) is 15.7. The molecular formula is C29H52O2. The molecule has 0 bridgehead atoms. The lowest BCUT2D eigenvalue weighted by Crippen LogP contribution is -2.50. The molecule has 2 N–H and O–H groups in total. The smallest absolute Gasteiger partial charge is 0.0588 e. The lowest BCUT2D eigenvalue weighted by molar-refractivity contribution is -0.0514. The molecule has 180 valence electrons. The zero-order valence-corrected chi connectivity index (χ0v) is 21.7. The molecule has 0 aliphatic heterocycles. The molecule has 31 heavy (non-hydrogen) atoms. The molecule has 4 aliphatic rings. The average molecular weight is 433 g/mol. The van der Waals surface area contributed by atoms with Crippen LogP contribution in [0.15, 0.2) is 11.6 Å². The van der Waals surface area contributed by atoms with Gasteiger partial charge in [-0.1, -0.05) is 66.5 Å². The van der Waals surface area contributed by atoms with Crippen LogP contribution in [0.5, 0.6) is 0 Å². The van der Waals surface area contributed by atoms with Crippen molar-refractivity contribution < 1.29 is 10.2 Å². The third-order valence-corrected chi connectivity index (χ3v) is 10.3. The molecule has 0 aromatic rings. The molecule has 0 spiro atoms. The molecule has 4 rings (SSSR count). The van der Waals surface area contributed by atoms with Gasteiger partial charge < -0.3 is 10.2 Å².